The summed E-state index contributed by atoms with van der Waals surface area (Å²) in [5.41, 5.74) is 3.19. The van der Waals surface area contributed by atoms with Gasteiger partial charge in [0, 0.05) is 31.3 Å². The molecule has 0 bridgehead atoms. The van der Waals surface area contributed by atoms with Crippen LogP contribution < -0.4 is 19.7 Å². The van der Waals surface area contributed by atoms with Gasteiger partial charge in [-0.2, -0.15) is 0 Å². The molecule has 6 heteroatoms. The third-order valence-electron chi connectivity index (χ3n) is 5.29. The van der Waals surface area contributed by atoms with E-state index in [9.17, 15) is 9.59 Å². The SMILES string of the molecule is Cc1ccccc1CCNC(=O)C1CC(=O)N(c2ccc3c(c2)OCCO3)C1. The highest BCUT2D eigenvalue weighted by Crippen LogP contribution is 2.35. The largest absolute Gasteiger partial charge is 0.486 e. The van der Waals surface area contributed by atoms with Crippen LogP contribution in [0.5, 0.6) is 11.5 Å². The highest BCUT2D eigenvalue weighted by Gasteiger charge is 2.35. The van der Waals surface area contributed by atoms with Gasteiger partial charge in [-0.25, -0.2) is 0 Å². The number of hydrogen-bond donors (Lipinski definition) is 1. The van der Waals surface area contributed by atoms with Crippen molar-refractivity contribution >= 4 is 17.5 Å². The molecule has 146 valence electrons. The fourth-order valence-corrected chi connectivity index (χ4v) is 3.69. The first-order valence-corrected chi connectivity index (χ1v) is 9.64. The minimum Gasteiger partial charge on any atom is -0.486 e. The van der Waals surface area contributed by atoms with Gasteiger partial charge in [0.2, 0.25) is 11.8 Å². The monoisotopic (exact) mass is 380 g/mol. The third kappa shape index (κ3) is 3.81. The molecule has 1 atom stereocenters. The zero-order chi connectivity index (χ0) is 19.5. The average molecular weight is 380 g/mol. The molecule has 4 rings (SSSR count). The Morgan fingerprint density at radius 2 is 1.93 bits per heavy atom. The molecule has 0 radical (unpaired) electrons. The van der Waals surface area contributed by atoms with Crippen molar-refractivity contribution in [1.82, 2.24) is 5.32 Å². The molecular formula is C22H24N2O4. The summed E-state index contributed by atoms with van der Waals surface area (Å²) in [5.74, 6) is 0.880. The predicted octanol–water partition coefficient (Wildman–Crippen LogP) is 2.48. The van der Waals surface area contributed by atoms with Crippen molar-refractivity contribution in [1.29, 1.82) is 0 Å². The molecule has 1 fully saturated rings. The van der Waals surface area contributed by atoms with Crippen molar-refractivity contribution < 1.29 is 19.1 Å². The molecule has 0 aliphatic carbocycles. The summed E-state index contributed by atoms with van der Waals surface area (Å²) < 4.78 is 11.1. The normalized spacial score (nSPS) is 18.2. The lowest BCUT2D eigenvalue weighted by molar-refractivity contribution is -0.126. The number of anilines is 1. The van der Waals surface area contributed by atoms with Crippen molar-refractivity contribution in [2.24, 2.45) is 5.92 Å². The van der Waals surface area contributed by atoms with E-state index in [0.717, 1.165) is 12.1 Å². The molecule has 6 nitrogen and oxygen atoms in total. The second kappa shape index (κ2) is 7.92. The molecule has 2 aromatic rings. The molecule has 2 heterocycles. The molecule has 2 aromatic carbocycles. The topological polar surface area (TPSA) is 67.9 Å². The highest BCUT2D eigenvalue weighted by atomic mass is 16.6. The molecular weight excluding hydrogens is 356 g/mol. The van der Waals surface area contributed by atoms with Gasteiger partial charge in [0.15, 0.2) is 11.5 Å². The number of hydrogen-bond acceptors (Lipinski definition) is 4. The first-order chi connectivity index (χ1) is 13.6. The molecule has 2 aliphatic heterocycles. The van der Waals surface area contributed by atoms with E-state index in [-0.39, 0.29) is 24.2 Å². The van der Waals surface area contributed by atoms with Crippen LogP contribution in [0.3, 0.4) is 0 Å². The number of carbonyl (C=O) groups excluding carboxylic acids is 2. The van der Waals surface area contributed by atoms with Crippen molar-refractivity contribution in [2.45, 2.75) is 19.8 Å². The number of fused-ring (bicyclic) bond motifs is 1. The first-order valence-electron chi connectivity index (χ1n) is 9.64. The van der Waals surface area contributed by atoms with Crippen molar-refractivity contribution in [2.75, 3.05) is 31.2 Å². The Kier molecular flexibility index (Phi) is 5.19. The van der Waals surface area contributed by atoms with Gasteiger partial charge >= 0.3 is 0 Å². The molecule has 1 N–H and O–H groups in total. The molecule has 0 spiro atoms. The standard InChI is InChI=1S/C22H24N2O4/c1-15-4-2-3-5-16(15)8-9-23-22(26)17-12-21(25)24(14-17)18-6-7-19-20(13-18)28-11-10-27-19/h2-7,13,17H,8-12,14H2,1H3,(H,23,26). The summed E-state index contributed by atoms with van der Waals surface area (Å²) in [7, 11) is 0. The summed E-state index contributed by atoms with van der Waals surface area (Å²) in [5, 5.41) is 2.98. The van der Waals surface area contributed by atoms with Gasteiger partial charge in [0.1, 0.15) is 13.2 Å². The Labute approximate surface area is 164 Å². The lowest BCUT2D eigenvalue weighted by atomic mass is 10.1. The zero-order valence-electron chi connectivity index (χ0n) is 15.9. The third-order valence-corrected chi connectivity index (χ3v) is 5.29. The molecule has 2 amide bonds. The minimum absolute atomic E-state index is 0.0456. The van der Waals surface area contributed by atoms with Gasteiger partial charge in [-0.3, -0.25) is 9.59 Å². The molecule has 0 saturated carbocycles. The number of amides is 2. The van der Waals surface area contributed by atoms with Crippen LogP contribution in [0, 0.1) is 12.8 Å². The second-order valence-electron chi connectivity index (χ2n) is 7.20. The van der Waals surface area contributed by atoms with Crippen molar-refractivity contribution in [3.63, 3.8) is 0 Å². The van der Waals surface area contributed by atoms with Gasteiger partial charge in [0.05, 0.1) is 5.92 Å². The summed E-state index contributed by atoms with van der Waals surface area (Å²) in [6, 6.07) is 13.6. The average Bonchev–Trinajstić information content (AvgIpc) is 3.11. The summed E-state index contributed by atoms with van der Waals surface area (Å²) >= 11 is 0. The molecule has 28 heavy (non-hydrogen) atoms. The maximum absolute atomic E-state index is 12.5. The fraction of sp³-hybridized carbons (Fsp3) is 0.364. The zero-order valence-corrected chi connectivity index (χ0v) is 15.9. The maximum Gasteiger partial charge on any atom is 0.227 e. The number of carbonyl (C=O) groups is 2. The van der Waals surface area contributed by atoms with E-state index in [1.807, 2.05) is 30.3 Å². The number of rotatable bonds is 5. The van der Waals surface area contributed by atoms with Crippen LogP contribution in [-0.4, -0.2) is 38.1 Å². The van der Waals surface area contributed by atoms with E-state index >= 15 is 0 Å². The lowest BCUT2D eigenvalue weighted by Gasteiger charge is -2.22. The van der Waals surface area contributed by atoms with Crippen molar-refractivity contribution in [3.05, 3.63) is 53.6 Å². The van der Waals surface area contributed by atoms with Crippen molar-refractivity contribution in [3.8, 4) is 11.5 Å². The van der Waals surface area contributed by atoms with Gasteiger partial charge < -0.3 is 19.7 Å². The number of aryl methyl sites for hydroxylation is 1. The van der Waals surface area contributed by atoms with E-state index in [2.05, 4.69) is 24.4 Å². The Morgan fingerprint density at radius 1 is 1.14 bits per heavy atom. The number of nitrogens with one attached hydrogen (secondary N) is 1. The molecule has 2 aliphatic rings. The quantitative estimate of drug-likeness (QED) is 0.865. The number of benzene rings is 2. The van der Waals surface area contributed by atoms with Crippen LogP contribution >= 0.6 is 0 Å². The fourth-order valence-electron chi connectivity index (χ4n) is 3.69. The predicted molar refractivity (Wildman–Crippen MR) is 106 cm³/mol. The number of ether oxygens (including phenoxy) is 2. The second-order valence-corrected chi connectivity index (χ2v) is 7.20. The van der Waals surface area contributed by atoms with Crippen LogP contribution in [0.1, 0.15) is 17.5 Å². The molecule has 0 aromatic heterocycles. The van der Waals surface area contributed by atoms with Gasteiger partial charge in [-0.1, -0.05) is 24.3 Å². The Hall–Kier alpha value is -3.02. The summed E-state index contributed by atoms with van der Waals surface area (Å²) in [6.45, 7) is 4.04. The Morgan fingerprint density at radius 3 is 2.75 bits per heavy atom. The van der Waals surface area contributed by atoms with E-state index in [1.54, 1.807) is 4.90 Å². The van der Waals surface area contributed by atoms with E-state index in [0.29, 0.717) is 37.8 Å². The maximum atomic E-state index is 12.5. The van der Waals surface area contributed by atoms with Crippen LogP contribution in [0.4, 0.5) is 5.69 Å². The Balaban J connectivity index is 1.35. The van der Waals surface area contributed by atoms with Gasteiger partial charge in [0.25, 0.3) is 0 Å². The first kappa shape index (κ1) is 18.3. The smallest absolute Gasteiger partial charge is 0.227 e. The minimum atomic E-state index is -0.336. The molecule has 1 unspecified atom stereocenters. The highest BCUT2D eigenvalue weighted by molar-refractivity contribution is 6.00. The van der Waals surface area contributed by atoms with Gasteiger partial charge in [-0.15, -0.1) is 0 Å². The van der Waals surface area contributed by atoms with Crippen LogP contribution in [0.25, 0.3) is 0 Å². The number of nitrogens with zero attached hydrogens (tertiary/aromatic N) is 1. The molecule has 1 saturated heterocycles. The van der Waals surface area contributed by atoms with Crippen LogP contribution in [0.15, 0.2) is 42.5 Å². The lowest BCUT2D eigenvalue weighted by Crippen LogP contribution is -2.34. The van der Waals surface area contributed by atoms with Gasteiger partial charge in [-0.05, 0) is 36.6 Å². The van der Waals surface area contributed by atoms with Crippen LogP contribution in [0.2, 0.25) is 0 Å². The van der Waals surface area contributed by atoms with E-state index in [4.69, 9.17) is 9.47 Å². The van der Waals surface area contributed by atoms with E-state index < -0.39 is 0 Å². The van der Waals surface area contributed by atoms with E-state index in [1.165, 1.54) is 11.1 Å². The Bertz CT molecular complexity index is 896. The summed E-state index contributed by atoms with van der Waals surface area (Å²) in [4.78, 5) is 26.7. The summed E-state index contributed by atoms with van der Waals surface area (Å²) in [6.07, 6.45) is 1.01. The van der Waals surface area contributed by atoms with Crippen LogP contribution in [-0.2, 0) is 16.0 Å².